The monoisotopic (exact) mass is 281 g/mol. The van der Waals surface area contributed by atoms with Gasteiger partial charge in [-0.05, 0) is 18.1 Å². The van der Waals surface area contributed by atoms with Crippen molar-refractivity contribution < 1.29 is 0 Å². The maximum atomic E-state index is 9.40. The fraction of sp³-hybridized carbons (Fsp3) is 0.375. The van der Waals surface area contributed by atoms with Crippen molar-refractivity contribution in [1.82, 2.24) is 15.2 Å². The lowest BCUT2D eigenvalue weighted by atomic mass is 10.00. The lowest BCUT2D eigenvalue weighted by Gasteiger charge is -2.27. The van der Waals surface area contributed by atoms with Crippen LogP contribution in [0.5, 0.6) is 0 Å². The smallest absolute Gasteiger partial charge is 0.142 e. The predicted molar refractivity (Wildman–Crippen MR) is 83.9 cm³/mol. The average molecular weight is 281 g/mol. The van der Waals surface area contributed by atoms with Crippen molar-refractivity contribution in [2.24, 2.45) is 0 Å². The molecule has 1 aliphatic rings. The first kappa shape index (κ1) is 13.8. The molecule has 0 aliphatic carbocycles. The van der Waals surface area contributed by atoms with Gasteiger partial charge in [0.1, 0.15) is 11.9 Å². The summed E-state index contributed by atoms with van der Waals surface area (Å²) in [6, 6.07) is 10.1. The highest BCUT2D eigenvalue weighted by atomic mass is 15.2. The number of nitrogens with one attached hydrogen (secondary N) is 1. The molecule has 0 atom stereocenters. The van der Waals surface area contributed by atoms with E-state index in [0.29, 0.717) is 11.4 Å². The van der Waals surface area contributed by atoms with E-state index in [1.54, 1.807) is 0 Å². The number of pyridine rings is 1. The molecule has 0 saturated carbocycles. The van der Waals surface area contributed by atoms with Gasteiger partial charge >= 0.3 is 0 Å². The lowest BCUT2D eigenvalue weighted by molar-refractivity contribution is 0.244. The summed E-state index contributed by atoms with van der Waals surface area (Å²) in [6.45, 7) is 5.12. The quantitative estimate of drug-likeness (QED) is 0.882. The van der Waals surface area contributed by atoms with Crippen molar-refractivity contribution in [2.45, 2.75) is 6.42 Å². The first-order chi connectivity index (χ1) is 10.3. The van der Waals surface area contributed by atoms with Gasteiger partial charge in [-0.15, -0.1) is 0 Å². The van der Waals surface area contributed by atoms with Gasteiger partial charge in [-0.3, -0.25) is 0 Å². The van der Waals surface area contributed by atoms with Gasteiger partial charge in [-0.1, -0.05) is 18.2 Å². The van der Waals surface area contributed by atoms with Crippen LogP contribution in [0.1, 0.15) is 11.1 Å². The number of fused-ring (bicyclic) bond motifs is 1. The summed E-state index contributed by atoms with van der Waals surface area (Å²) in [6.07, 6.45) is 0.829. The molecule has 0 unspecified atom stereocenters. The van der Waals surface area contributed by atoms with Gasteiger partial charge in [0, 0.05) is 38.1 Å². The number of nitrogens with zero attached hydrogens (tertiary/aromatic N) is 3. The maximum Gasteiger partial charge on any atom is 0.142 e. The molecule has 21 heavy (non-hydrogen) atoms. The van der Waals surface area contributed by atoms with Crippen molar-refractivity contribution in [3.63, 3.8) is 0 Å². The minimum atomic E-state index is 0.339. The Balaban J connectivity index is 1.93. The Morgan fingerprint density at radius 3 is 2.81 bits per heavy atom. The van der Waals surface area contributed by atoms with Gasteiger partial charge in [0.05, 0.1) is 11.1 Å². The third kappa shape index (κ3) is 2.82. The average Bonchev–Trinajstić information content (AvgIpc) is 2.53. The number of anilines is 1. The molecule has 1 aromatic carbocycles. The first-order valence-electron chi connectivity index (χ1n) is 7.30. The zero-order chi connectivity index (χ0) is 14.7. The van der Waals surface area contributed by atoms with Crippen LogP contribution in [0.3, 0.4) is 0 Å². The van der Waals surface area contributed by atoms with Crippen LogP contribution in [0.25, 0.3) is 10.9 Å². The SMILES string of the molecule is N#Cc1c(N)nc2ccccc2c1CCN1CCNCC1. The molecule has 0 bridgehead atoms. The Morgan fingerprint density at radius 1 is 1.29 bits per heavy atom. The van der Waals surface area contributed by atoms with Gasteiger partial charge in [0.15, 0.2) is 0 Å². The van der Waals surface area contributed by atoms with Gasteiger partial charge < -0.3 is 16.0 Å². The second-order valence-electron chi connectivity index (χ2n) is 5.32. The van der Waals surface area contributed by atoms with Crippen LogP contribution in [-0.2, 0) is 6.42 Å². The van der Waals surface area contributed by atoms with Crippen LogP contribution in [0.15, 0.2) is 24.3 Å². The summed E-state index contributed by atoms with van der Waals surface area (Å²) in [5.41, 5.74) is 8.37. The summed E-state index contributed by atoms with van der Waals surface area (Å²) < 4.78 is 0. The van der Waals surface area contributed by atoms with Crippen LogP contribution >= 0.6 is 0 Å². The molecule has 1 aliphatic heterocycles. The normalized spacial score (nSPS) is 16.0. The third-order valence-corrected chi connectivity index (χ3v) is 4.03. The van der Waals surface area contributed by atoms with E-state index in [4.69, 9.17) is 5.73 Å². The van der Waals surface area contributed by atoms with Crippen LogP contribution in [-0.4, -0.2) is 42.6 Å². The standard InChI is InChI=1S/C16H19N5/c17-11-14-12(5-8-21-9-6-19-7-10-21)13-3-1-2-4-15(13)20-16(14)18/h1-4,19H,5-10H2,(H2,18,20). The van der Waals surface area contributed by atoms with E-state index in [1.165, 1.54) is 0 Å². The van der Waals surface area contributed by atoms with Gasteiger partial charge in [-0.25, -0.2) is 4.98 Å². The lowest BCUT2D eigenvalue weighted by Crippen LogP contribution is -2.44. The van der Waals surface area contributed by atoms with Crippen molar-refractivity contribution in [1.29, 1.82) is 5.26 Å². The fourth-order valence-electron chi connectivity index (χ4n) is 2.89. The zero-order valence-corrected chi connectivity index (χ0v) is 12.0. The number of nitrogen functional groups attached to an aromatic ring is 1. The van der Waals surface area contributed by atoms with E-state index in [1.807, 2.05) is 24.3 Å². The molecule has 5 nitrogen and oxygen atoms in total. The molecule has 1 aromatic heterocycles. The maximum absolute atomic E-state index is 9.40. The largest absolute Gasteiger partial charge is 0.383 e. The van der Waals surface area contributed by atoms with Crippen molar-refractivity contribution in [3.8, 4) is 6.07 Å². The highest BCUT2D eigenvalue weighted by Gasteiger charge is 2.15. The van der Waals surface area contributed by atoms with Crippen LogP contribution < -0.4 is 11.1 Å². The number of hydrogen-bond acceptors (Lipinski definition) is 5. The van der Waals surface area contributed by atoms with Crippen LogP contribution in [0.4, 0.5) is 5.82 Å². The van der Waals surface area contributed by atoms with Crippen molar-refractivity contribution in [2.75, 3.05) is 38.5 Å². The minimum Gasteiger partial charge on any atom is -0.383 e. The molecular formula is C16H19N5. The van der Waals surface area contributed by atoms with E-state index < -0.39 is 0 Å². The van der Waals surface area contributed by atoms with Crippen LogP contribution in [0, 0.1) is 11.3 Å². The Labute approximate surface area is 124 Å². The molecule has 0 amide bonds. The first-order valence-corrected chi connectivity index (χ1v) is 7.30. The second kappa shape index (κ2) is 6.08. The van der Waals surface area contributed by atoms with Gasteiger partial charge in [0.2, 0.25) is 0 Å². The fourth-order valence-corrected chi connectivity index (χ4v) is 2.89. The number of rotatable bonds is 3. The molecule has 0 spiro atoms. The number of benzene rings is 1. The molecule has 1 saturated heterocycles. The molecule has 2 heterocycles. The van der Waals surface area contributed by atoms with Crippen molar-refractivity contribution in [3.05, 3.63) is 35.4 Å². The predicted octanol–water partition coefficient (Wildman–Crippen LogP) is 1.14. The topological polar surface area (TPSA) is 78.0 Å². The number of aromatic nitrogens is 1. The number of hydrogen-bond donors (Lipinski definition) is 2. The van der Waals surface area contributed by atoms with E-state index in [2.05, 4.69) is 21.3 Å². The second-order valence-corrected chi connectivity index (χ2v) is 5.32. The molecule has 3 N–H and O–H groups in total. The van der Waals surface area contributed by atoms with E-state index in [0.717, 1.165) is 55.6 Å². The highest BCUT2D eigenvalue weighted by molar-refractivity contribution is 5.86. The van der Waals surface area contributed by atoms with Crippen LogP contribution in [0.2, 0.25) is 0 Å². The Hall–Kier alpha value is -2.16. The Kier molecular flexibility index (Phi) is 4.00. The zero-order valence-electron chi connectivity index (χ0n) is 12.0. The number of nitriles is 1. The van der Waals surface area contributed by atoms with Gasteiger partial charge in [-0.2, -0.15) is 5.26 Å². The van der Waals surface area contributed by atoms with Gasteiger partial charge in [0.25, 0.3) is 0 Å². The minimum absolute atomic E-state index is 0.339. The van der Waals surface area contributed by atoms with Crippen molar-refractivity contribution >= 4 is 16.7 Å². The van der Waals surface area contributed by atoms with E-state index in [9.17, 15) is 5.26 Å². The molecular weight excluding hydrogens is 262 g/mol. The summed E-state index contributed by atoms with van der Waals surface area (Å²) in [4.78, 5) is 6.75. The molecule has 1 fully saturated rings. The molecule has 3 rings (SSSR count). The van der Waals surface area contributed by atoms with E-state index >= 15 is 0 Å². The molecule has 0 radical (unpaired) electrons. The summed E-state index contributed by atoms with van der Waals surface area (Å²) in [5, 5.41) is 13.8. The molecule has 108 valence electrons. The Morgan fingerprint density at radius 2 is 2.05 bits per heavy atom. The number of nitrogens with two attached hydrogens (primary N) is 1. The number of piperazine rings is 1. The Bertz CT molecular complexity index is 683. The molecule has 5 heteroatoms. The summed E-state index contributed by atoms with van der Waals surface area (Å²) in [5.74, 6) is 0.339. The summed E-state index contributed by atoms with van der Waals surface area (Å²) >= 11 is 0. The molecule has 2 aromatic rings. The number of para-hydroxylation sites is 1. The third-order valence-electron chi connectivity index (χ3n) is 4.03. The highest BCUT2D eigenvalue weighted by Crippen LogP contribution is 2.25. The summed E-state index contributed by atoms with van der Waals surface area (Å²) in [7, 11) is 0. The van der Waals surface area contributed by atoms with E-state index in [-0.39, 0.29) is 0 Å².